The molecular formula is C15H16Cl2N2O3. The molecule has 1 aromatic carbocycles. The maximum atomic E-state index is 12.2. The first kappa shape index (κ1) is 16.8. The van der Waals surface area contributed by atoms with Gasteiger partial charge in [0.05, 0.1) is 29.9 Å². The summed E-state index contributed by atoms with van der Waals surface area (Å²) in [5.41, 5.74) is 0.687. The second-order valence-electron chi connectivity index (χ2n) is 4.88. The van der Waals surface area contributed by atoms with Gasteiger partial charge in [-0.25, -0.2) is 9.78 Å². The number of oxazole rings is 1. The normalized spacial score (nSPS) is 12.5. The van der Waals surface area contributed by atoms with Crippen LogP contribution in [0.1, 0.15) is 23.3 Å². The van der Waals surface area contributed by atoms with Crippen LogP contribution in [-0.4, -0.2) is 30.0 Å². The Morgan fingerprint density at radius 3 is 2.68 bits per heavy atom. The topological polar surface area (TPSA) is 55.6 Å². The van der Waals surface area contributed by atoms with E-state index in [0.29, 0.717) is 33.8 Å². The molecule has 7 heteroatoms. The quantitative estimate of drug-likeness (QED) is 0.776. The molecule has 0 amide bonds. The second kappa shape index (κ2) is 7.13. The summed E-state index contributed by atoms with van der Waals surface area (Å²) in [5, 5.41) is 0.813. The van der Waals surface area contributed by atoms with Crippen molar-refractivity contribution in [2.75, 3.05) is 14.2 Å². The number of aromatic nitrogens is 1. The summed E-state index contributed by atoms with van der Waals surface area (Å²) in [6.07, 6.45) is 1.63. The van der Waals surface area contributed by atoms with Crippen LogP contribution < -0.4 is 0 Å². The van der Waals surface area contributed by atoms with Crippen molar-refractivity contribution in [3.63, 3.8) is 0 Å². The molecule has 1 aromatic heterocycles. The maximum Gasteiger partial charge on any atom is 0.327 e. The third-order valence-electron chi connectivity index (χ3n) is 3.18. The van der Waals surface area contributed by atoms with E-state index in [1.807, 2.05) is 6.92 Å². The number of hydrogen-bond donors (Lipinski definition) is 0. The summed E-state index contributed by atoms with van der Waals surface area (Å²) in [5.74, 6) is 0.839. The minimum Gasteiger partial charge on any atom is -0.468 e. The highest BCUT2D eigenvalue weighted by Gasteiger charge is 2.27. The van der Waals surface area contributed by atoms with Crippen LogP contribution in [0, 0.1) is 6.92 Å². The van der Waals surface area contributed by atoms with Crippen LogP contribution in [0.3, 0.4) is 0 Å². The molecule has 0 bridgehead atoms. The number of esters is 1. The summed E-state index contributed by atoms with van der Waals surface area (Å²) in [7, 11) is 3.12. The highest BCUT2D eigenvalue weighted by molar-refractivity contribution is 6.42. The zero-order valence-electron chi connectivity index (χ0n) is 12.5. The van der Waals surface area contributed by atoms with Crippen LogP contribution in [0.25, 0.3) is 0 Å². The Morgan fingerprint density at radius 1 is 1.41 bits per heavy atom. The summed E-state index contributed by atoms with van der Waals surface area (Å²) in [6.45, 7) is 2.17. The van der Waals surface area contributed by atoms with Crippen LogP contribution in [0.15, 0.2) is 28.8 Å². The van der Waals surface area contributed by atoms with E-state index in [9.17, 15) is 4.79 Å². The number of halogens is 2. The molecule has 118 valence electrons. The van der Waals surface area contributed by atoms with Crippen molar-refractivity contribution in [3.05, 3.63) is 51.7 Å². The molecule has 0 fully saturated rings. The van der Waals surface area contributed by atoms with Crippen molar-refractivity contribution in [3.8, 4) is 0 Å². The van der Waals surface area contributed by atoms with Gasteiger partial charge in [-0.2, -0.15) is 0 Å². The number of carbonyl (C=O) groups excluding carboxylic acids is 1. The number of benzene rings is 1. The molecule has 0 saturated carbocycles. The van der Waals surface area contributed by atoms with Gasteiger partial charge in [-0.3, -0.25) is 4.90 Å². The van der Waals surface area contributed by atoms with E-state index in [1.54, 1.807) is 36.3 Å². The molecule has 22 heavy (non-hydrogen) atoms. The van der Waals surface area contributed by atoms with Crippen LogP contribution >= 0.6 is 23.2 Å². The molecule has 0 N–H and O–H groups in total. The van der Waals surface area contributed by atoms with E-state index in [2.05, 4.69) is 4.98 Å². The minimum absolute atomic E-state index is 0.355. The Labute approximate surface area is 138 Å². The summed E-state index contributed by atoms with van der Waals surface area (Å²) in [6, 6.07) is 4.42. The second-order valence-corrected chi connectivity index (χ2v) is 5.69. The third kappa shape index (κ3) is 3.80. The Hall–Kier alpha value is -1.56. The molecule has 0 unspecified atom stereocenters. The molecule has 0 spiro atoms. The number of hydrogen-bond acceptors (Lipinski definition) is 5. The molecule has 0 radical (unpaired) electrons. The van der Waals surface area contributed by atoms with Crippen molar-refractivity contribution in [1.29, 1.82) is 0 Å². The standard InChI is InChI=1S/C15H16Cl2N2O3/c1-9-7-18-13(22-9)8-19(2)14(15(20)21-3)10-4-5-11(16)12(17)6-10/h4-7,14H,8H2,1-3H3/t14-/m0/s1. The number of likely N-dealkylation sites (N-methyl/N-ethyl adjacent to an activating group) is 1. The van der Waals surface area contributed by atoms with Gasteiger partial charge in [0, 0.05) is 0 Å². The fraction of sp³-hybridized carbons (Fsp3) is 0.333. The Kier molecular flexibility index (Phi) is 5.45. The Balaban J connectivity index is 2.28. The highest BCUT2D eigenvalue weighted by atomic mass is 35.5. The SMILES string of the molecule is COC(=O)[C@H](c1ccc(Cl)c(Cl)c1)N(C)Cc1ncc(C)o1. The molecule has 1 heterocycles. The van der Waals surface area contributed by atoms with Crippen LogP contribution in [-0.2, 0) is 16.1 Å². The first-order valence-electron chi connectivity index (χ1n) is 6.56. The summed E-state index contributed by atoms with van der Waals surface area (Å²) >= 11 is 12.0. The van der Waals surface area contributed by atoms with Gasteiger partial charge in [0.1, 0.15) is 11.8 Å². The van der Waals surface area contributed by atoms with E-state index in [1.165, 1.54) is 7.11 Å². The Bertz CT molecular complexity index is 673. The zero-order chi connectivity index (χ0) is 16.3. The van der Waals surface area contributed by atoms with Gasteiger partial charge in [-0.15, -0.1) is 0 Å². The van der Waals surface area contributed by atoms with Gasteiger partial charge in [-0.1, -0.05) is 29.3 Å². The smallest absolute Gasteiger partial charge is 0.327 e. The molecule has 1 atom stereocenters. The number of nitrogens with zero attached hydrogens (tertiary/aromatic N) is 2. The van der Waals surface area contributed by atoms with Gasteiger partial charge >= 0.3 is 5.97 Å². The predicted octanol–water partition coefficient (Wildman–Crippen LogP) is 3.64. The van der Waals surface area contributed by atoms with Crippen molar-refractivity contribution >= 4 is 29.2 Å². The number of methoxy groups -OCH3 is 1. The third-order valence-corrected chi connectivity index (χ3v) is 3.92. The lowest BCUT2D eigenvalue weighted by Gasteiger charge is -2.25. The van der Waals surface area contributed by atoms with E-state index in [4.69, 9.17) is 32.4 Å². The number of rotatable bonds is 5. The first-order chi connectivity index (χ1) is 10.4. The highest BCUT2D eigenvalue weighted by Crippen LogP contribution is 2.29. The van der Waals surface area contributed by atoms with Crippen molar-refractivity contribution in [1.82, 2.24) is 9.88 Å². The maximum absolute atomic E-state index is 12.2. The van der Waals surface area contributed by atoms with Gasteiger partial charge < -0.3 is 9.15 Å². The number of ether oxygens (including phenoxy) is 1. The van der Waals surface area contributed by atoms with Crippen molar-refractivity contribution < 1.29 is 13.9 Å². The zero-order valence-corrected chi connectivity index (χ0v) is 14.0. The molecule has 0 saturated heterocycles. The lowest BCUT2D eigenvalue weighted by molar-refractivity contribution is -0.147. The Morgan fingerprint density at radius 2 is 2.14 bits per heavy atom. The lowest BCUT2D eigenvalue weighted by atomic mass is 10.1. The van der Waals surface area contributed by atoms with E-state index >= 15 is 0 Å². The summed E-state index contributed by atoms with van der Waals surface area (Å²) in [4.78, 5) is 18.1. The predicted molar refractivity (Wildman–Crippen MR) is 83.9 cm³/mol. The van der Waals surface area contributed by atoms with E-state index in [-0.39, 0.29) is 0 Å². The summed E-state index contributed by atoms with van der Waals surface area (Å²) < 4.78 is 10.3. The fourth-order valence-corrected chi connectivity index (χ4v) is 2.45. The van der Waals surface area contributed by atoms with Gasteiger partial charge in [0.2, 0.25) is 5.89 Å². The van der Waals surface area contributed by atoms with Crippen molar-refractivity contribution in [2.45, 2.75) is 19.5 Å². The molecule has 0 aliphatic rings. The van der Waals surface area contributed by atoms with Gasteiger partial charge in [0.25, 0.3) is 0 Å². The average molecular weight is 343 g/mol. The van der Waals surface area contributed by atoms with Crippen molar-refractivity contribution in [2.24, 2.45) is 0 Å². The monoisotopic (exact) mass is 342 g/mol. The molecule has 2 aromatic rings. The largest absolute Gasteiger partial charge is 0.468 e. The molecule has 0 aliphatic carbocycles. The van der Waals surface area contributed by atoms with Crippen LogP contribution in [0.2, 0.25) is 10.0 Å². The first-order valence-corrected chi connectivity index (χ1v) is 7.32. The minimum atomic E-state index is -0.632. The lowest BCUT2D eigenvalue weighted by Crippen LogP contribution is -2.31. The van der Waals surface area contributed by atoms with Crippen LogP contribution in [0.5, 0.6) is 0 Å². The molecule has 5 nitrogen and oxygen atoms in total. The average Bonchev–Trinajstić information content (AvgIpc) is 2.88. The number of carbonyl (C=O) groups is 1. The van der Waals surface area contributed by atoms with E-state index < -0.39 is 12.0 Å². The molecular weight excluding hydrogens is 327 g/mol. The van der Waals surface area contributed by atoms with Gasteiger partial charge in [0.15, 0.2) is 0 Å². The van der Waals surface area contributed by atoms with Crippen LogP contribution in [0.4, 0.5) is 0 Å². The van der Waals surface area contributed by atoms with Gasteiger partial charge in [-0.05, 0) is 31.7 Å². The fourth-order valence-electron chi connectivity index (χ4n) is 2.14. The molecule has 2 rings (SSSR count). The number of aryl methyl sites for hydroxylation is 1. The van der Waals surface area contributed by atoms with E-state index in [0.717, 1.165) is 0 Å². The molecule has 0 aliphatic heterocycles.